The van der Waals surface area contributed by atoms with Crippen molar-refractivity contribution in [2.45, 2.75) is 43.1 Å². The number of thioether (sulfide) groups is 1. The molecule has 1 N–H and O–H groups in total. The first-order valence-electron chi connectivity index (χ1n) is 8.45. The van der Waals surface area contributed by atoms with Crippen molar-refractivity contribution in [1.29, 1.82) is 0 Å². The monoisotopic (exact) mass is 383 g/mol. The zero-order valence-electron chi connectivity index (χ0n) is 14.3. The summed E-state index contributed by atoms with van der Waals surface area (Å²) in [5.41, 5.74) is 1.12. The molecule has 0 spiro atoms. The van der Waals surface area contributed by atoms with Gasteiger partial charge in [0.1, 0.15) is 5.69 Å². The zero-order valence-corrected chi connectivity index (χ0v) is 15.1. The van der Waals surface area contributed by atoms with Crippen LogP contribution < -0.4 is 5.32 Å². The van der Waals surface area contributed by atoms with Crippen LogP contribution in [0.15, 0.2) is 41.7 Å². The molecule has 1 heterocycles. The van der Waals surface area contributed by atoms with Gasteiger partial charge in [0.15, 0.2) is 5.16 Å². The molecule has 2 aromatic rings. The second kappa shape index (κ2) is 7.73. The molecule has 0 radical (unpaired) electrons. The topological polar surface area (TPSA) is 46.9 Å². The number of alkyl halides is 3. The van der Waals surface area contributed by atoms with E-state index < -0.39 is 24.0 Å². The van der Waals surface area contributed by atoms with Gasteiger partial charge in [-0.15, -0.1) is 0 Å². The second-order valence-corrected chi connectivity index (χ2v) is 7.15. The van der Waals surface area contributed by atoms with Crippen molar-refractivity contribution in [2.75, 3.05) is 6.26 Å². The number of benzene rings is 1. The molecular weight excluding hydrogens is 363 g/mol. The summed E-state index contributed by atoms with van der Waals surface area (Å²) in [5.74, 6) is -1.74. The largest absolute Gasteiger partial charge is 0.391 e. The van der Waals surface area contributed by atoms with Crippen LogP contribution in [-0.4, -0.2) is 33.9 Å². The Bertz CT molecular complexity index is 761. The standard InChI is InChI=1S/C18H20F3N3OS/c1-26-17-22-11-15(24(17)14-8-3-2-4-9-14)16(25)23-13-7-5-6-12(10-13)18(19,20)21/h2-4,8-9,11-13H,5-7,10H2,1H3,(H,23,25)/t12-,13+/m1/s1. The number of carbonyl (C=O) groups is 1. The predicted molar refractivity (Wildman–Crippen MR) is 94.6 cm³/mol. The van der Waals surface area contributed by atoms with Crippen LogP contribution in [0.5, 0.6) is 0 Å². The van der Waals surface area contributed by atoms with E-state index in [1.165, 1.54) is 18.0 Å². The highest BCUT2D eigenvalue weighted by Gasteiger charge is 2.42. The lowest BCUT2D eigenvalue weighted by Crippen LogP contribution is -2.42. The Morgan fingerprint density at radius 1 is 1.27 bits per heavy atom. The lowest BCUT2D eigenvalue weighted by Gasteiger charge is -2.31. The zero-order chi connectivity index (χ0) is 18.7. The minimum Gasteiger partial charge on any atom is -0.348 e. The number of nitrogens with one attached hydrogen (secondary N) is 1. The number of amides is 1. The number of para-hydroxylation sites is 1. The summed E-state index contributed by atoms with van der Waals surface area (Å²) in [6, 6.07) is 8.83. The second-order valence-electron chi connectivity index (χ2n) is 6.38. The van der Waals surface area contributed by atoms with Gasteiger partial charge in [-0.25, -0.2) is 4.98 Å². The molecule has 1 fully saturated rings. The quantitative estimate of drug-likeness (QED) is 0.794. The molecule has 4 nitrogen and oxygen atoms in total. The van der Waals surface area contributed by atoms with Gasteiger partial charge in [0.05, 0.1) is 12.1 Å². The summed E-state index contributed by atoms with van der Waals surface area (Å²) in [7, 11) is 0. The highest BCUT2D eigenvalue weighted by atomic mass is 32.2. The first-order chi connectivity index (χ1) is 12.4. The Morgan fingerprint density at radius 3 is 2.65 bits per heavy atom. The first kappa shape index (κ1) is 18.8. The summed E-state index contributed by atoms with van der Waals surface area (Å²) in [6.07, 6.45) is 0.215. The van der Waals surface area contributed by atoms with Crippen molar-refractivity contribution in [3.63, 3.8) is 0 Å². The number of imidazole rings is 1. The maximum atomic E-state index is 13.0. The van der Waals surface area contributed by atoms with Gasteiger partial charge >= 0.3 is 6.18 Å². The van der Waals surface area contributed by atoms with E-state index in [9.17, 15) is 18.0 Å². The van der Waals surface area contributed by atoms with Crippen molar-refractivity contribution in [3.05, 3.63) is 42.2 Å². The lowest BCUT2D eigenvalue weighted by molar-refractivity contribution is -0.183. The van der Waals surface area contributed by atoms with E-state index in [0.29, 0.717) is 23.7 Å². The van der Waals surface area contributed by atoms with Gasteiger partial charge in [0.2, 0.25) is 0 Å². The van der Waals surface area contributed by atoms with E-state index in [1.54, 1.807) is 4.57 Å². The van der Waals surface area contributed by atoms with Crippen molar-refractivity contribution < 1.29 is 18.0 Å². The molecule has 0 bridgehead atoms. The number of hydrogen-bond acceptors (Lipinski definition) is 3. The van der Waals surface area contributed by atoms with Crippen LogP contribution in [0, 0.1) is 5.92 Å². The molecule has 0 aliphatic heterocycles. The summed E-state index contributed by atoms with van der Waals surface area (Å²) >= 11 is 1.40. The molecule has 1 aliphatic rings. The number of hydrogen-bond donors (Lipinski definition) is 1. The van der Waals surface area contributed by atoms with Crippen LogP contribution in [-0.2, 0) is 0 Å². The van der Waals surface area contributed by atoms with Crippen molar-refractivity contribution in [1.82, 2.24) is 14.9 Å². The molecule has 1 aliphatic carbocycles. The fourth-order valence-electron chi connectivity index (χ4n) is 3.34. The maximum absolute atomic E-state index is 13.0. The van der Waals surface area contributed by atoms with Crippen molar-refractivity contribution in [3.8, 4) is 5.69 Å². The third kappa shape index (κ3) is 4.06. The number of carbonyl (C=O) groups excluding carboxylic acids is 1. The minimum atomic E-state index is -4.21. The smallest absolute Gasteiger partial charge is 0.348 e. The molecule has 0 saturated heterocycles. The molecule has 1 aromatic carbocycles. The Labute approximate surface area is 154 Å². The Hall–Kier alpha value is -1.96. The number of halogens is 3. The first-order valence-corrected chi connectivity index (χ1v) is 9.67. The summed E-state index contributed by atoms with van der Waals surface area (Å²) in [4.78, 5) is 17.0. The molecule has 1 amide bonds. The van der Waals surface area contributed by atoms with Crippen molar-refractivity contribution >= 4 is 17.7 Å². The molecule has 0 unspecified atom stereocenters. The number of aromatic nitrogens is 2. The third-order valence-corrected chi connectivity index (χ3v) is 5.28. The van der Waals surface area contributed by atoms with Gasteiger partial charge < -0.3 is 5.32 Å². The fraction of sp³-hybridized carbons (Fsp3) is 0.444. The van der Waals surface area contributed by atoms with Crippen LogP contribution in [0.3, 0.4) is 0 Å². The van der Waals surface area contributed by atoms with E-state index in [0.717, 1.165) is 5.69 Å². The van der Waals surface area contributed by atoms with E-state index >= 15 is 0 Å². The van der Waals surface area contributed by atoms with Crippen LogP contribution in [0.25, 0.3) is 5.69 Å². The minimum absolute atomic E-state index is 0.0654. The average Bonchev–Trinajstić information content (AvgIpc) is 3.06. The van der Waals surface area contributed by atoms with Gasteiger partial charge in [0.25, 0.3) is 5.91 Å². The number of nitrogens with zero attached hydrogens (tertiary/aromatic N) is 2. The van der Waals surface area contributed by atoms with E-state index in [-0.39, 0.29) is 12.8 Å². The predicted octanol–water partition coefficient (Wildman–Crippen LogP) is 4.45. The van der Waals surface area contributed by atoms with Gasteiger partial charge in [-0.2, -0.15) is 13.2 Å². The van der Waals surface area contributed by atoms with Crippen LogP contribution >= 0.6 is 11.8 Å². The van der Waals surface area contributed by atoms with Crippen LogP contribution in [0.2, 0.25) is 0 Å². The number of rotatable bonds is 4. The molecule has 8 heteroatoms. The summed E-state index contributed by atoms with van der Waals surface area (Å²) in [5, 5.41) is 3.43. The normalized spacial score (nSPS) is 20.8. The molecule has 140 valence electrons. The molecular formula is C18H20F3N3OS. The highest BCUT2D eigenvalue weighted by Crippen LogP contribution is 2.37. The third-order valence-electron chi connectivity index (χ3n) is 4.63. The molecule has 1 aromatic heterocycles. The van der Waals surface area contributed by atoms with Gasteiger partial charge in [0, 0.05) is 11.7 Å². The Kier molecular flexibility index (Phi) is 5.60. The maximum Gasteiger partial charge on any atom is 0.391 e. The molecule has 2 atom stereocenters. The van der Waals surface area contributed by atoms with Crippen LogP contribution in [0.4, 0.5) is 13.2 Å². The molecule has 3 rings (SSSR count). The van der Waals surface area contributed by atoms with E-state index in [2.05, 4.69) is 10.3 Å². The van der Waals surface area contributed by atoms with Gasteiger partial charge in [-0.1, -0.05) is 36.4 Å². The van der Waals surface area contributed by atoms with Crippen molar-refractivity contribution in [2.24, 2.45) is 5.92 Å². The summed E-state index contributed by atoms with van der Waals surface area (Å²) < 4.78 is 40.7. The van der Waals surface area contributed by atoms with Crippen LogP contribution in [0.1, 0.15) is 36.2 Å². The molecule has 1 saturated carbocycles. The average molecular weight is 383 g/mol. The fourth-order valence-corrected chi connectivity index (χ4v) is 3.89. The molecule has 26 heavy (non-hydrogen) atoms. The SMILES string of the molecule is CSc1ncc(C(=O)N[C@H]2CCC[C@@H](C(F)(F)F)C2)n1-c1ccccc1. The Morgan fingerprint density at radius 2 is 2.00 bits per heavy atom. The highest BCUT2D eigenvalue weighted by molar-refractivity contribution is 7.98. The lowest BCUT2D eigenvalue weighted by atomic mass is 9.85. The summed E-state index contributed by atoms with van der Waals surface area (Å²) in [6.45, 7) is 0. The van der Waals surface area contributed by atoms with E-state index in [1.807, 2.05) is 36.6 Å². The van der Waals surface area contributed by atoms with E-state index in [4.69, 9.17) is 0 Å². The van der Waals surface area contributed by atoms with Gasteiger partial charge in [-0.05, 0) is 37.7 Å². The van der Waals surface area contributed by atoms with Gasteiger partial charge in [-0.3, -0.25) is 9.36 Å². The Balaban J connectivity index is 1.80.